The molecule has 1 aliphatic heterocycles. The highest BCUT2D eigenvalue weighted by Gasteiger charge is 2.29. The fourth-order valence-electron chi connectivity index (χ4n) is 2.71. The fraction of sp³-hybridized carbons (Fsp3) is 0.529. The third kappa shape index (κ3) is 4.07. The second-order valence-corrected chi connectivity index (χ2v) is 5.47. The summed E-state index contributed by atoms with van der Waals surface area (Å²) in [5, 5.41) is 0. The lowest BCUT2D eigenvalue weighted by Gasteiger charge is -2.31. The number of benzene rings is 1. The molecule has 1 amide bonds. The van der Waals surface area contributed by atoms with Gasteiger partial charge in [-0.25, -0.2) is 0 Å². The molecule has 2 rings (SSSR count). The minimum Gasteiger partial charge on any atom is -0.466 e. The van der Waals surface area contributed by atoms with E-state index in [2.05, 4.69) is 0 Å². The van der Waals surface area contributed by atoms with Crippen molar-refractivity contribution in [1.29, 1.82) is 0 Å². The lowest BCUT2D eigenvalue weighted by Crippen LogP contribution is -2.42. The van der Waals surface area contributed by atoms with Crippen LogP contribution in [0.15, 0.2) is 24.3 Å². The van der Waals surface area contributed by atoms with Crippen LogP contribution in [0, 0.1) is 5.92 Å². The van der Waals surface area contributed by atoms with Gasteiger partial charge in [-0.1, -0.05) is 12.1 Å². The van der Waals surface area contributed by atoms with E-state index in [1.165, 1.54) is 0 Å². The van der Waals surface area contributed by atoms with Crippen molar-refractivity contribution in [2.75, 3.05) is 26.8 Å². The number of likely N-dealkylation sites (tertiary alicyclic amines) is 1. The second kappa shape index (κ2) is 7.94. The van der Waals surface area contributed by atoms with Crippen molar-refractivity contribution in [3.05, 3.63) is 35.4 Å². The molecule has 0 bridgehead atoms. The van der Waals surface area contributed by atoms with Crippen LogP contribution >= 0.6 is 0 Å². The Morgan fingerprint density at radius 2 is 2.00 bits per heavy atom. The Morgan fingerprint density at radius 1 is 1.27 bits per heavy atom. The lowest BCUT2D eigenvalue weighted by molar-refractivity contribution is -0.149. The van der Waals surface area contributed by atoms with Gasteiger partial charge in [-0.3, -0.25) is 9.59 Å². The summed E-state index contributed by atoms with van der Waals surface area (Å²) in [6, 6.07) is 7.41. The summed E-state index contributed by atoms with van der Waals surface area (Å²) in [6.07, 6.45) is 1.62. The van der Waals surface area contributed by atoms with Crippen LogP contribution in [-0.2, 0) is 20.9 Å². The molecule has 1 saturated heterocycles. The Bertz CT molecular complexity index is 512. The summed E-state index contributed by atoms with van der Waals surface area (Å²) in [5.41, 5.74) is 1.67. The van der Waals surface area contributed by atoms with Crippen molar-refractivity contribution in [1.82, 2.24) is 4.90 Å². The van der Waals surface area contributed by atoms with E-state index in [1.54, 1.807) is 18.9 Å². The van der Waals surface area contributed by atoms with Gasteiger partial charge in [0.1, 0.15) is 0 Å². The number of carbonyl (C=O) groups is 2. The molecule has 0 spiro atoms. The van der Waals surface area contributed by atoms with Crippen LogP contribution in [0.2, 0.25) is 0 Å². The second-order valence-electron chi connectivity index (χ2n) is 5.47. The Labute approximate surface area is 131 Å². The SMILES string of the molecule is CCOC(=O)C1CCCN(C(=O)c2ccc(COC)cc2)C1. The van der Waals surface area contributed by atoms with Gasteiger partial charge in [0, 0.05) is 25.8 Å². The molecule has 0 aromatic heterocycles. The zero-order valence-corrected chi connectivity index (χ0v) is 13.2. The molecular formula is C17H23NO4. The summed E-state index contributed by atoms with van der Waals surface area (Å²) < 4.78 is 10.1. The van der Waals surface area contributed by atoms with Gasteiger partial charge in [-0.15, -0.1) is 0 Å². The molecular weight excluding hydrogens is 282 g/mol. The Morgan fingerprint density at radius 3 is 2.64 bits per heavy atom. The van der Waals surface area contributed by atoms with E-state index >= 15 is 0 Å². The van der Waals surface area contributed by atoms with E-state index in [4.69, 9.17) is 9.47 Å². The van der Waals surface area contributed by atoms with Crippen LogP contribution in [0.25, 0.3) is 0 Å². The van der Waals surface area contributed by atoms with Crippen LogP contribution in [-0.4, -0.2) is 43.6 Å². The van der Waals surface area contributed by atoms with Gasteiger partial charge < -0.3 is 14.4 Å². The fourth-order valence-corrected chi connectivity index (χ4v) is 2.71. The molecule has 1 heterocycles. The van der Waals surface area contributed by atoms with Crippen LogP contribution in [0.3, 0.4) is 0 Å². The van der Waals surface area contributed by atoms with Gasteiger partial charge >= 0.3 is 5.97 Å². The van der Waals surface area contributed by atoms with Gasteiger partial charge in [0.15, 0.2) is 0 Å². The molecule has 0 N–H and O–H groups in total. The molecule has 1 unspecified atom stereocenters. The first kappa shape index (κ1) is 16.5. The molecule has 0 saturated carbocycles. The number of rotatable bonds is 5. The minimum atomic E-state index is -0.203. The lowest BCUT2D eigenvalue weighted by atomic mass is 9.97. The number of ether oxygens (including phenoxy) is 2. The maximum atomic E-state index is 12.5. The van der Waals surface area contributed by atoms with Crippen molar-refractivity contribution in [3.8, 4) is 0 Å². The van der Waals surface area contributed by atoms with Crippen molar-refractivity contribution in [2.45, 2.75) is 26.4 Å². The third-order valence-corrected chi connectivity index (χ3v) is 3.84. The van der Waals surface area contributed by atoms with Crippen molar-refractivity contribution in [3.63, 3.8) is 0 Å². The first-order valence-corrected chi connectivity index (χ1v) is 7.69. The standard InChI is InChI=1S/C17H23NO4/c1-3-22-17(20)15-5-4-10-18(11-15)16(19)14-8-6-13(7-9-14)12-21-2/h6-9,15H,3-5,10-12H2,1-2H3. The van der Waals surface area contributed by atoms with Gasteiger partial charge in [-0.2, -0.15) is 0 Å². The van der Waals surface area contributed by atoms with Crippen LogP contribution in [0.5, 0.6) is 0 Å². The van der Waals surface area contributed by atoms with Crippen LogP contribution in [0.1, 0.15) is 35.7 Å². The Balaban J connectivity index is 2.00. The third-order valence-electron chi connectivity index (χ3n) is 3.84. The first-order valence-electron chi connectivity index (χ1n) is 7.69. The van der Waals surface area contributed by atoms with E-state index in [-0.39, 0.29) is 17.8 Å². The van der Waals surface area contributed by atoms with Crippen molar-refractivity contribution in [2.24, 2.45) is 5.92 Å². The number of hydrogen-bond acceptors (Lipinski definition) is 4. The van der Waals surface area contributed by atoms with Crippen LogP contribution < -0.4 is 0 Å². The number of methoxy groups -OCH3 is 1. The molecule has 0 aliphatic carbocycles. The summed E-state index contributed by atoms with van der Waals surface area (Å²) in [6.45, 7) is 3.84. The Hall–Kier alpha value is -1.88. The molecule has 1 fully saturated rings. The molecule has 1 aromatic carbocycles. The molecule has 0 radical (unpaired) electrons. The van der Waals surface area contributed by atoms with Gasteiger partial charge in [-0.05, 0) is 37.5 Å². The smallest absolute Gasteiger partial charge is 0.310 e. The number of amides is 1. The van der Waals surface area contributed by atoms with Crippen molar-refractivity contribution < 1.29 is 19.1 Å². The van der Waals surface area contributed by atoms with Gasteiger partial charge in [0.05, 0.1) is 19.1 Å². The monoisotopic (exact) mass is 305 g/mol. The zero-order chi connectivity index (χ0) is 15.9. The zero-order valence-electron chi connectivity index (χ0n) is 13.2. The normalized spacial score (nSPS) is 18.1. The number of esters is 1. The average Bonchev–Trinajstić information content (AvgIpc) is 2.55. The summed E-state index contributed by atoms with van der Waals surface area (Å²) in [7, 11) is 1.64. The molecule has 1 aromatic rings. The van der Waals surface area contributed by atoms with E-state index in [0.717, 1.165) is 18.4 Å². The van der Waals surface area contributed by atoms with E-state index in [1.807, 2.05) is 24.3 Å². The number of nitrogens with zero attached hydrogens (tertiary/aromatic N) is 1. The first-order chi connectivity index (χ1) is 10.7. The van der Waals surface area contributed by atoms with E-state index < -0.39 is 0 Å². The summed E-state index contributed by atoms with van der Waals surface area (Å²) in [5.74, 6) is -0.432. The maximum absolute atomic E-state index is 12.5. The summed E-state index contributed by atoms with van der Waals surface area (Å²) in [4.78, 5) is 26.1. The molecule has 5 nitrogen and oxygen atoms in total. The van der Waals surface area contributed by atoms with Gasteiger partial charge in [0.25, 0.3) is 5.91 Å². The molecule has 5 heteroatoms. The van der Waals surface area contributed by atoms with Gasteiger partial charge in [0.2, 0.25) is 0 Å². The Kier molecular flexibility index (Phi) is 5.95. The highest BCUT2D eigenvalue weighted by atomic mass is 16.5. The van der Waals surface area contributed by atoms with Crippen molar-refractivity contribution >= 4 is 11.9 Å². The molecule has 22 heavy (non-hydrogen) atoms. The van der Waals surface area contributed by atoms with E-state index in [9.17, 15) is 9.59 Å². The maximum Gasteiger partial charge on any atom is 0.310 e. The highest BCUT2D eigenvalue weighted by Crippen LogP contribution is 2.20. The quantitative estimate of drug-likeness (QED) is 0.783. The average molecular weight is 305 g/mol. The largest absolute Gasteiger partial charge is 0.466 e. The number of hydrogen-bond donors (Lipinski definition) is 0. The number of piperidine rings is 1. The van der Waals surface area contributed by atoms with E-state index in [0.29, 0.717) is 31.9 Å². The van der Waals surface area contributed by atoms with Crippen LogP contribution in [0.4, 0.5) is 0 Å². The highest BCUT2D eigenvalue weighted by molar-refractivity contribution is 5.94. The molecule has 1 aliphatic rings. The predicted molar refractivity (Wildman–Crippen MR) is 82.4 cm³/mol. The molecule has 1 atom stereocenters. The number of carbonyl (C=O) groups excluding carboxylic acids is 2. The predicted octanol–water partition coefficient (Wildman–Crippen LogP) is 2.25. The molecule has 120 valence electrons. The minimum absolute atomic E-state index is 0.0297. The summed E-state index contributed by atoms with van der Waals surface area (Å²) >= 11 is 0. The topological polar surface area (TPSA) is 55.8 Å².